The molecule has 1 amide bonds. The van der Waals surface area contributed by atoms with Gasteiger partial charge in [0.1, 0.15) is 12.4 Å². The molecule has 7 heteroatoms. The summed E-state index contributed by atoms with van der Waals surface area (Å²) in [6.07, 6.45) is 6.40. The standard InChI is InChI=1S/C21H23ClN4O2/c1-14-10-11-16(23-19-17-8-5-9-18(17)24-20(22)25-19)12-26(14)21(27)28-13-15-6-3-2-4-7-15/h2-8,14,16H,9-13H2,1H3,(H,23,24,25)/t14-,16+/m0/s1. The number of piperidine rings is 1. The first-order valence-corrected chi connectivity index (χ1v) is 9.95. The summed E-state index contributed by atoms with van der Waals surface area (Å²) in [5, 5.41) is 3.71. The van der Waals surface area contributed by atoms with Crippen molar-refractivity contribution in [3.63, 3.8) is 0 Å². The van der Waals surface area contributed by atoms with E-state index in [1.54, 1.807) is 4.90 Å². The smallest absolute Gasteiger partial charge is 0.410 e. The predicted octanol–water partition coefficient (Wildman–Crippen LogP) is 4.30. The number of nitrogens with zero attached hydrogens (tertiary/aromatic N) is 3. The van der Waals surface area contributed by atoms with Gasteiger partial charge in [-0.3, -0.25) is 0 Å². The van der Waals surface area contributed by atoms with Crippen molar-refractivity contribution in [1.29, 1.82) is 0 Å². The molecular weight excluding hydrogens is 376 g/mol. The van der Waals surface area contributed by atoms with Gasteiger partial charge in [0, 0.05) is 30.6 Å². The Balaban J connectivity index is 1.41. The number of carbonyl (C=O) groups is 1. The van der Waals surface area contributed by atoms with Crippen molar-refractivity contribution in [2.75, 3.05) is 11.9 Å². The molecule has 1 aliphatic heterocycles. The minimum atomic E-state index is -0.284. The fraction of sp³-hybridized carbons (Fsp3) is 0.381. The van der Waals surface area contributed by atoms with Gasteiger partial charge in [0.05, 0.1) is 5.69 Å². The summed E-state index contributed by atoms with van der Waals surface area (Å²) in [5.41, 5.74) is 2.90. The van der Waals surface area contributed by atoms with Gasteiger partial charge in [0.25, 0.3) is 0 Å². The molecule has 1 fully saturated rings. The number of carbonyl (C=O) groups excluding carboxylic acids is 1. The fourth-order valence-corrected chi connectivity index (χ4v) is 3.88. The van der Waals surface area contributed by atoms with Crippen LogP contribution in [0.25, 0.3) is 6.08 Å². The van der Waals surface area contributed by atoms with E-state index in [0.717, 1.165) is 41.9 Å². The highest BCUT2D eigenvalue weighted by molar-refractivity contribution is 6.28. The number of rotatable bonds is 4. The van der Waals surface area contributed by atoms with Gasteiger partial charge in [0.15, 0.2) is 0 Å². The Bertz CT molecular complexity index is 887. The van der Waals surface area contributed by atoms with E-state index in [2.05, 4.69) is 28.3 Å². The van der Waals surface area contributed by atoms with E-state index in [1.807, 2.05) is 36.4 Å². The molecular formula is C21H23ClN4O2. The topological polar surface area (TPSA) is 67.4 Å². The van der Waals surface area contributed by atoms with Crippen LogP contribution >= 0.6 is 11.6 Å². The molecule has 28 heavy (non-hydrogen) atoms. The second-order valence-corrected chi connectivity index (χ2v) is 7.61. The number of allylic oxidation sites excluding steroid dienone is 1. The van der Waals surface area contributed by atoms with Crippen LogP contribution in [0.15, 0.2) is 36.4 Å². The van der Waals surface area contributed by atoms with Crippen LogP contribution in [0.2, 0.25) is 5.28 Å². The van der Waals surface area contributed by atoms with Gasteiger partial charge in [-0.1, -0.05) is 42.5 Å². The Morgan fingerprint density at radius 2 is 2.11 bits per heavy atom. The lowest BCUT2D eigenvalue weighted by atomic mass is 9.99. The molecule has 6 nitrogen and oxygen atoms in total. The molecule has 1 aromatic carbocycles. The van der Waals surface area contributed by atoms with E-state index < -0.39 is 0 Å². The van der Waals surface area contributed by atoms with Crippen molar-refractivity contribution in [2.45, 2.75) is 44.9 Å². The molecule has 4 rings (SSSR count). The van der Waals surface area contributed by atoms with Crippen LogP contribution in [0.1, 0.15) is 36.6 Å². The lowest BCUT2D eigenvalue weighted by molar-refractivity contribution is 0.0696. The fourth-order valence-electron chi connectivity index (χ4n) is 3.69. The predicted molar refractivity (Wildman–Crippen MR) is 109 cm³/mol. The van der Waals surface area contributed by atoms with Crippen LogP contribution in [0.5, 0.6) is 0 Å². The van der Waals surface area contributed by atoms with Crippen LogP contribution in [-0.4, -0.2) is 39.6 Å². The van der Waals surface area contributed by atoms with Gasteiger partial charge in [-0.25, -0.2) is 14.8 Å². The molecule has 1 aliphatic carbocycles. The number of halogens is 1. The van der Waals surface area contributed by atoms with E-state index >= 15 is 0 Å². The number of hydrogen-bond acceptors (Lipinski definition) is 5. The SMILES string of the molecule is C[C@H]1CC[C@@H](Nc2nc(Cl)nc3c2C=CC3)CN1C(=O)OCc1ccccc1. The third-order valence-corrected chi connectivity index (χ3v) is 5.42. The summed E-state index contributed by atoms with van der Waals surface area (Å²) >= 11 is 6.07. The first kappa shape index (κ1) is 18.7. The van der Waals surface area contributed by atoms with Crippen LogP contribution in [0, 0.1) is 0 Å². The first-order chi connectivity index (χ1) is 13.6. The number of aromatic nitrogens is 2. The molecule has 2 aromatic rings. The van der Waals surface area contributed by atoms with E-state index in [4.69, 9.17) is 16.3 Å². The van der Waals surface area contributed by atoms with Crippen LogP contribution < -0.4 is 5.32 Å². The number of amides is 1. The number of nitrogens with one attached hydrogen (secondary N) is 1. The number of ether oxygens (including phenoxy) is 1. The summed E-state index contributed by atoms with van der Waals surface area (Å²) < 4.78 is 5.53. The summed E-state index contributed by atoms with van der Waals surface area (Å²) in [6.45, 7) is 2.90. The van der Waals surface area contributed by atoms with Gasteiger partial charge < -0.3 is 15.0 Å². The quantitative estimate of drug-likeness (QED) is 0.777. The van der Waals surface area contributed by atoms with Gasteiger partial charge in [-0.15, -0.1) is 0 Å². The maximum atomic E-state index is 12.6. The van der Waals surface area contributed by atoms with Gasteiger partial charge in [-0.05, 0) is 36.9 Å². The maximum Gasteiger partial charge on any atom is 0.410 e. The highest BCUT2D eigenvalue weighted by Gasteiger charge is 2.31. The highest BCUT2D eigenvalue weighted by atomic mass is 35.5. The minimum absolute atomic E-state index is 0.0875. The van der Waals surface area contributed by atoms with Crippen LogP contribution in [-0.2, 0) is 17.8 Å². The van der Waals surface area contributed by atoms with Gasteiger partial charge in [0.2, 0.25) is 5.28 Å². The maximum absolute atomic E-state index is 12.6. The third kappa shape index (κ3) is 4.12. The average molecular weight is 399 g/mol. The molecule has 0 bridgehead atoms. The third-order valence-electron chi connectivity index (χ3n) is 5.26. The Hall–Kier alpha value is -2.60. The minimum Gasteiger partial charge on any atom is -0.445 e. The Morgan fingerprint density at radius 3 is 2.93 bits per heavy atom. The average Bonchev–Trinajstić information content (AvgIpc) is 3.17. The molecule has 2 atom stereocenters. The number of benzene rings is 1. The molecule has 2 aliphatic rings. The van der Waals surface area contributed by atoms with Crippen molar-refractivity contribution in [1.82, 2.24) is 14.9 Å². The zero-order valence-electron chi connectivity index (χ0n) is 15.8. The monoisotopic (exact) mass is 398 g/mol. The second kappa shape index (κ2) is 8.19. The Morgan fingerprint density at radius 1 is 1.29 bits per heavy atom. The number of fused-ring (bicyclic) bond motifs is 1. The summed E-state index contributed by atoms with van der Waals surface area (Å²) in [4.78, 5) is 23.1. The second-order valence-electron chi connectivity index (χ2n) is 7.27. The molecule has 146 valence electrons. The molecule has 1 aromatic heterocycles. The van der Waals surface area contributed by atoms with Crippen LogP contribution in [0.4, 0.5) is 10.6 Å². The number of hydrogen-bond donors (Lipinski definition) is 1. The number of anilines is 1. The number of likely N-dealkylation sites (tertiary alicyclic amines) is 1. The normalized spacial score (nSPS) is 20.7. The van der Waals surface area contributed by atoms with Crippen molar-refractivity contribution in [2.24, 2.45) is 0 Å². The highest BCUT2D eigenvalue weighted by Crippen LogP contribution is 2.28. The van der Waals surface area contributed by atoms with E-state index in [0.29, 0.717) is 6.54 Å². The lowest BCUT2D eigenvalue weighted by Crippen LogP contribution is -2.50. The van der Waals surface area contributed by atoms with E-state index in [9.17, 15) is 4.79 Å². The molecule has 0 unspecified atom stereocenters. The Labute approximate surface area is 169 Å². The largest absolute Gasteiger partial charge is 0.445 e. The molecule has 0 spiro atoms. The first-order valence-electron chi connectivity index (χ1n) is 9.57. The van der Waals surface area contributed by atoms with Crippen LogP contribution in [0.3, 0.4) is 0 Å². The summed E-state index contributed by atoms with van der Waals surface area (Å²) in [7, 11) is 0. The molecule has 0 radical (unpaired) electrons. The van der Waals surface area contributed by atoms with E-state index in [-0.39, 0.29) is 30.1 Å². The summed E-state index contributed by atoms with van der Waals surface area (Å²) in [5.74, 6) is 0.737. The zero-order chi connectivity index (χ0) is 19.5. The molecule has 1 saturated heterocycles. The van der Waals surface area contributed by atoms with Gasteiger partial charge >= 0.3 is 6.09 Å². The van der Waals surface area contributed by atoms with Crippen molar-refractivity contribution < 1.29 is 9.53 Å². The van der Waals surface area contributed by atoms with Gasteiger partial charge in [-0.2, -0.15) is 0 Å². The van der Waals surface area contributed by atoms with Crippen molar-refractivity contribution in [3.8, 4) is 0 Å². The summed E-state index contributed by atoms with van der Waals surface area (Å²) in [6, 6.07) is 9.94. The zero-order valence-corrected chi connectivity index (χ0v) is 16.5. The Kier molecular flexibility index (Phi) is 5.48. The lowest BCUT2D eigenvalue weighted by Gasteiger charge is -2.37. The molecule has 2 heterocycles. The van der Waals surface area contributed by atoms with Crippen molar-refractivity contribution >= 4 is 29.6 Å². The molecule has 1 N–H and O–H groups in total. The molecule has 0 saturated carbocycles. The van der Waals surface area contributed by atoms with E-state index in [1.165, 1.54) is 0 Å². The van der Waals surface area contributed by atoms with Crippen molar-refractivity contribution in [3.05, 3.63) is 58.5 Å².